The van der Waals surface area contributed by atoms with Crippen molar-refractivity contribution in [1.29, 1.82) is 0 Å². The predicted molar refractivity (Wildman–Crippen MR) is 80.5 cm³/mol. The smallest absolute Gasteiger partial charge is 0.306 e. The summed E-state index contributed by atoms with van der Waals surface area (Å²) in [5.41, 5.74) is 0. The molecule has 1 aromatic carbocycles. The summed E-state index contributed by atoms with van der Waals surface area (Å²) in [5, 5.41) is 9.57. The number of carboxylic acids is 1. The molecule has 1 amide bonds. The number of carbonyl (C=O) groups is 2. The highest BCUT2D eigenvalue weighted by Gasteiger charge is 2.26. The quantitative estimate of drug-likeness (QED) is 0.882. The SMILES string of the molecule is O=C(O)CC1CN(C(=O)COc2ccc(Cl)cc2Cl)CCO1. The Morgan fingerprint density at radius 3 is 2.86 bits per heavy atom. The average Bonchev–Trinajstić information content (AvgIpc) is 2.45. The van der Waals surface area contributed by atoms with Crippen molar-refractivity contribution in [3.63, 3.8) is 0 Å². The Labute approximate surface area is 137 Å². The lowest BCUT2D eigenvalue weighted by molar-refractivity contribution is -0.148. The maximum absolute atomic E-state index is 12.1. The van der Waals surface area contributed by atoms with E-state index in [1.54, 1.807) is 12.1 Å². The number of ether oxygens (including phenoxy) is 2. The number of amides is 1. The summed E-state index contributed by atoms with van der Waals surface area (Å²) < 4.78 is 10.7. The fraction of sp³-hybridized carbons (Fsp3) is 0.429. The Hall–Kier alpha value is -1.50. The van der Waals surface area contributed by atoms with Gasteiger partial charge >= 0.3 is 5.97 Å². The molecule has 0 bridgehead atoms. The Balaban J connectivity index is 1.87. The predicted octanol–water partition coefficient (Wildman–Crippen LogP) is 2.07. The van der Waals surface area contributed by atoms with Gasteiger partial charge in [0, 0.05) is 18.1 Å². The molecular weight excluding hydrogens is 333 g/mol. The molecule has 0 aliphatic carbocycles. The molecule has 2 rings (SSSR count). The topological polar surface area (TPSA) is 76.1 Å². The largest absolute Gasteiger partial charge is 0.482 e. The van der Waals surface area contributed by atoms with E-state index in [-0.39, 0.29) is 25.5 Å². The van der Waals surface area contributed by atoms with Gasteiger partial charge in [-0.1, -0.05) is 23.2 Å². The van der Waals surface area contributed by atoms with Crippen molar-refractivity contribution in [2.75, 3.05) is 26.3 Å². The fourth-order valence-electron chi connectivity index (χ4n) is 2.09. The molecule has 0 aromatic heterocycles. The van der Waals surface area contributed by atoms with E-state index in [4.69, 9.17) is 37.8 Å². The number of hydrogen-bond donors (Lipinski definition) is 1. The van der Waals surface area contributed by atoms with Crippen LogP contribution >= 0.6 is 23.2 Å². The zero-order valence-electron chi connectivity index (χ0n) is 11.6. The molecular formula is C14H15Cl2NO5. The number of benzene rings is 1. The van der Waals surface area contributed by atoms with E-state index < -0.39 is 12.1 Å². The number of carboxylic acid groups (broad SMARTS) is 1. The first-order valence-electron chi connectivity index (χ1n) is 6.64. The van der Waals surface area contributed by atoms with Gasteiger partial charge in [-0.3, -0.25) is 9.59 Å². The molecule has 6 nitrogen and oxygen atoms in total. The van der Waals surface area contributed by atoms with Gasteiger partial charge in [-0.2, -0.15) is 0 Å². The summed E-state index contributed by atoms with van der Waals surface area (Å²) in [6, 6.07) is 4.73. The first-order chi connectivity index (χ1) is 10.5. The van der Waals surface area contributed by atoms with Crippen LogP contribution in [0.5, 0.6) is 5.75 Å². The zero-order valence-corrected chi connectivity index (χ0v) is 13.1. The molecule has 1 aliphatic heterocycles. The number of rotatable bonds is 5. The van der Waals surface area contributed by atoms with Crippen LogP contribution in [0.15, 0.2) is 18.2 Å². The van der Waals surface area contributed by atoms with Gasteiger partial charge < -0.3 is 19.5 Å². The zero-order chi connectivity index (χ0) is 16.1. The second kappa shape index (κ2) is 7.67. The van der Waals surface area contributed by atoms with Crippen molar-refractivity contribution in [3.05, 3.63) is 28.2 Å². The van der Waals surface area contributed by atoms with E-state index in [0.29, 0.717) is 28.9 Å². The lowest BCUT2D eigenvalue weighted by atomic mass is 10.2. The van der Waals surface area contributed by atoms with Crippen LogP contribution in [0.4, 0.5) is 0 Å². The third kappa shape index (κ3) is 4.76. The Morgan fingerprint density at radius 1 is 1.41 bits per heavy atom. The summed E-state index contributed by atoms with van der Waals surface area (Å²) in [5.74, 6) is -0.831. The maximum atomic E-state index is 12.1. The van der Waals surface area contributed by atoms with Gasteiger partial charge in [0.05, 0.1) is 24.2 Å². The van der Waals surface area contributed by atoms with E-state index in [9.17, 15) is 9.59 Å². The molecule has 0 spiro atoms. The van der Waals surface area contributed by atoms with Crippen LogP contribution in [0.25, 0.3) is 0 Å². The molecule has 1 N–H and O–H groups in total. The normalized spacial score (nSPS) is 18.1. The van der Waals surface area contributed by atoms with Gasteiger partial charge in [-0.25, -0.2) is 0 Å². The van der Waals surface area contributed by atoms with Crippen molar-refractivity contribution in [2.45, 2.75) is 12.5 Å². The number of hydrogen-bond acceptors (Lipinski definition) is 4. The van der Waals surface area contributed by atoms with Crippen LogP contribution < -0.4 is 4.74 Å². The highest BCUT2D eigenvalue weighted by Crippen LogP contribution is 2.27. The first-order valence-corrected chi connectivity index (χ1v) is 7.40. The van der Waals surface area contributed by atoms with Gasteiger partial charge in [-0.05, 0) is 18.2 Å². The summed E-state index contributed by atoms with van der Waals surface area (Å²) in [6.45, 7) is 0.780. The Morgan fingerprint density at radius 2 is 2.18 bits per heavy atom. The van der Waals surface area contributed by atoms with E-state index in [0.717, 1.165) is 0 Å². The molecule has 22 heavy (non-hydrogen) atoms. The maximum Gasteiger partial charge on any atom is 0.306 e. The number of morpholine rings is 1. The highest BCUT2D eigenvalue weighted by molar-refractivity contribution is 6.35. The number of halogens is 2. The van der Waals surface area contributed by atoms with Crippen molar-refractivity contribution in [1.82, 2.24) is 4.90 Å². The molecule has 1 fully saturated rings. The van der Waals surface area contributed by atoms with E-state index in [2.05, 4.69) is 0 Å². The minimum absolute atomic E-state index is 0.131. The second-order valence-corrected chi connectivity index (χ2v) is 5.64. The molecule has 1 aliphatic rings. The minimum atomic E-state index is -0.955. The molecule has 1 heterocycles. The molecule has 1 atom stereocenters. The van der Waals surface area contributed by atoms with Crippen molar-refractivity contribution < 1.29 is 24.2 Å². The lowest BCUT2D eigenvalue weighted by Crippen LogP contribution is -2.47. The van der Waals surface area contributed by atoms with Crippen molar-refractivity contribution in [3.8, 4) is 5.75 Å². The summed E-state index contributed by atoms with van der Waals surface area (Å²) in [6.07, 6.45) is -0.623. The van der Waals surface area contributed by atoms with Crippen LogP contribution in [-0.2, 0) is 14.3 Å². The van der Waals surface area contributed by atoms with Gasteiger partial charge in [0.15, 0.2) is 6.61 Å². The summed E-state index contributed by atoms with van der Waals surface area (Å²) in [4.78, 5) is 24.3. The summed E-state index contributed by atoms with van der Waals surface area (Å²) in [7, 11) is 0. The molecule has 0 radical (unpaired) electrons. The lowest BCUT2D eigenvalue weighted by Gasteiger charge is -2.32. The van der Waals surface area contributed by atoms with Gasteiger partial charge in [0.2, 0.25) is 0 Å². The van der Waals surface area contributed by atoms with Crippen LogP contribution in [-0.4, -0.2) is 54.3 Å². The minimum Gasteiger partial charge on any atom is -0.482 e. The van der Waals surface area contributed by atoms with Gasteiger partial charge in [0.25, 0.3) is 5.91 Å². The fourth-order valence-corrected chi connectivity index (χ4v) is 2.55. The third-order valence-electron chi connectivity index (χ3n) is 3.14. The van der Waals surface area contributed by atoms with Crippen LogP contribution in [0, 0.1) is 0 Å². The van der Waals surface area contributed by atoms with E-state index in [1.807, 2.05) is 0 Å². The van der Waals surface area contributed by atoms with Gasteiger partial charge in [0.1, 0.15) is 5.75 Å². The van der Waals surface area contributed by atoms with Crippen LogP contribution in [0.1, 0.15) is 6.42 Å². The van der Waals surface area contributed by atoms with E-state index >= 15 is 0 Å². The summed E-state index contributed by atoms with van der Waals surface area (Å²) >= 11 is 11.7. The molecule has 120 valence electrons. The second-order valence-electron chi connectivity index (χ2n) is 4.79. The van der Waals surface area contributed by atoms with Gasteiger partial charge in [-0.15, -0.1) is 0 Å². The average molecular weight is 348 g/mol. The molecule has 1 aromatic rings. The monoisotopic (exact) mass is 347 g/mol. The van der Waals surface area contributed by atoms with Crippen LogP contribution in [0.2, 0.25) is 10.0 Å². The molecule has 1 unspecified atom stereocenters. The standard InChI is InChI=1S/C14H15Cl2NO5/c15-9-1-2-12(11(16)5-9)22-8-13(18)17-3-4-21-10(7-17)6-14(19)20/h1-2,5,10H,3-4,6-8H2,(H,19,20). The Bertz CT molecular complexity index is 566. The first kappa shape index (κ1) is 16.9. The highest BCUT2D eigenvalue weighted by atomic mass is 35.5. The third-order valence-corrected chi connectivity index (χ3v) is 3.67. The molecule has 8 heteroatoms. The number of carbonyl (C=O) groups excluding carboxylic acids is 1. The van der Waals surface area contributed by atoms with E-state index in [1.165, 1.54) is 11.0 Å². The number of nitrogens with zero attached hydrogens (tertiary/aromatic N) is 1. The van der Waals surface area contributed by atoms with Crippen LogP contribution in [0.3, 0.4) is 0 Å². The molecule has 1 saturated heterocycles. The van der Waals surface area contributed by atoms with Crippen molar-refractivity contribution >= 4 is 35.1 Å². The van der Waals surface area contributed by atoms with Crippen molar-refractivity contribution in [2.24, 2.45) is 0 Å². The molecule has 0 saturated carbocycles. The number of aliphatic carboxylic acids is 1. The Kier molecular flexibility index (Phi) is 5.88.